The summed E-state index contributed by atoms with van der Waals surface area (Å²) >= 11 is 0. The molecular weight excluding hydrogens is 324 g/mol. The lowest BCUT2D eigenvalue weighted by Gasteiger charge is -2.31. The first kappa shape index (κ1) is 20.3. The molecule has 1 aromatic rings. The van der Waals surface area contributed by atoms with Crippen molar-refractivity contribution in [1.82, 2.24) is 0 Å². The first-order valence-corrected chi connectivity index (χ1v) is 8.99. The lowest BCUT2D eigenvalue weighted by Crippen LogP contribution is -2.36. The van der Waals surface area contributed by atoms with Crippen molar-refractivity contribution >= 4 is 0 Å². The fourth-order valence-electron chi connectivity index (χ4n) is 2.37. The normalized spacial score (nSPS) is 19.7. The van der Waals surface area contributed by atoms with Gasteiger partial charge in [0.05, 0.1) is 71.7 Å². The summed E-state index contributed by atoms with van der Waals surface area (Å²) in [5.74, 6) is 0. The molecule has 0 unspecified atom stereocenters. The van der Waals surface area contributed by atoms with Crippen LogP contribution in [0.4, 0.5) is 0 Å². The van der Waals surface area contributed by atoms with Gasteiger partial charge in [0.25, 0.3) is 0 Å². The summed E-state index contributed by atoms with van der Waals surface area (Å²) in [4.78, 5) is 0. The van der Waals surface area contributed by atoms with Crippen LogP contribution in [0, 0.1) is 0 Å². The maximum absolute atomic E-state index is 9.12. The van der Waals surface area contributed by atoms with Crippen LogP contribution in [0.1, 0.15) is 18.4 Å². The Bertz CT molecular complexity index is 421. The molecule has 0 atom stereocenters. The molecule has 2 rings (SSSR count). The smallest absolute Gasteiger partial charge is 0.0718 e. The number of aliphatic hydroxyl groups excluding tert-OH is 1. The quantitative estimate of drug-likeness (QED) is 0.485. The van der Waals surface area contributed by atoms with E-state index in [1.54, 1.807) is 0 Å². The molecule has 1 fully saturated rings. The molecule has 0 aliphatic heterocycles. The monoisotopic (exact) mass is 354 g/mol. The maximum atomic E-state index is 9.12. The Labute approximate surface area is 150 Å². The van der Waals surface area contributed by atoms with E-state index in [1.807, 2.05) is 30.3 Å². The summed E-state index contributed by atoms with van der Waals surface area (Å²) < 4.78 is 27.3. The van der Waals surface area contributed by atoms with Gasteiger partial charge in [0.2, 0.25) is 0 Å². The van der Waals surface area contributed by atoms with Crippen molar-refractivity contribution in [3.63, 3.8) is 0 Å². The van der Waals surface area contributed by atoms with E-state index in [4.69, 9.17) is 28.8 Å². The highest BCUT2D eigenvalue weighted by Crippen LogP contribution is 2.22. The van der Waals surface area contributed by atoms with E-state index < -0.39 is 0 Å². The molecule has 6 nitrogen and oxygen atoms in total. The number of hydrogen-bond donors (Lipinski definition) is 1. The first-order chi connectivity index (χ1) is 12.3. The Morgan fingerprint density at radius 2 is 1.24 bits per heavy atom. The van der Waals surface area contributed by atoms with E-state index in [0.29, 0.717) is 59.5 Å². The molecule has 0 amide bonds. The van der Waals surface area contributed by atoms with Crippen LogP contribution in [0.15, 0.2) is 30.3 Å². The van der Waals surface area contributed by atoms with Crippen molar-refractivity contribution in [2.45, 2.75) is 31.7 Å². The average molecular weight is 354 g/mol. The molecule has 1 aliphatic carbocycles. The summed E-state index contributed by atoms with van der Waals surface area (Å²) in [5.41, 5.74) is 1.17. The zero-order valence-corrected chi connectivity index (χ0v) is 14.8. The Hall–Kier alpha value is -1.02. The number of ether oxygens (including phenoxy) is 5. The highest BCUT2D eigenvalue weighted by atomic mass is 16.6. The summed E-state index contributed by atoms with van der Waals surface area (Å²) in [7, 11) is 0. The summed E-state index contributed by atoms with van der Waals surface area (Å²) in [6, 6.07) is 10.1. The van der Waals surface area contributed by atoms with Crippen LogP contribution in [0.25, 0.3) is 0 Å². The second-order valence-corrected chi connectivity index (χ2v) is 5.99. The molecule has 1 aliphatic rings. The number of aliphatic hydroxyl groups is 1. The van der Waals surface area contributed by atoms with Crippen molar-refractivity contribution in [1.29, 1.82) is 0 Å². The minimum atomic E-state index is -0.169. The predicted molar refractivity (Wildman–Crippen MR) is 93.5 cm³/mol. The summed E-state index contributed by atoms with van der Waals surface area (Å²) in [6.07, 6.45) is 1.54. The average Bonchev–Trinajstić information content (AvgIpc) is 2.61. The van der Waals surface area contributed by atoms with Gasteiger partial charge in [0.1, 0.15) is 0 Å². The Balaban J connectivity index is 1.24. The van der Waals surface area contributed by atoms with Gasteiger partial charge in [-0.3, -0.25) is 0 Å². The lowest BCUT2D eigenvalue weighted by molar-refractivity contribution is -0.0864. The molecule has 6 heteroatoms. The van der Waals surface area contributed by atoms with Crippen molar-refractivity contribution in [2.24, 2.45) is 0 Å². The molecule has 1 saturated carbocycles. The molecule has 142 valence electrons. The van der Waals surface area contributed by atoms with Gasteiger partial charge in [0, 0.05) is 0 Å². The zero-order valence-electron chi connectivity index (χ0n) is 14.8. The second kappa shape index (κ2) is 13.2. The van der Waals surface area contributed by atoms with Crippen LogP contribution in [0.3, 0.4) is 0 Å². The number of benzene rings is 1. The lowest BCUT2D eigenvalue weighted by atomic mass is 9.92. The second-order valence-electron chi connectivity index (χ2n) is 5.99. The van der Waals surface area contributed by atoms with Crippen LogP contribution >= 0.6 is 0 Å². The Kier molecular flexibility index (Phi) is 10.7. The van der Waals surface area contributed by atoms with E-state index in [2.05, 4.69) is 0 Å². The summed E-state index contributed by atoms with van der Waals surface area (Å²) in [6.45, 7) is 5.11. The molecule has 1 aromatic carbocycles. The summed E-state index contributed by atoms with van der Waals surface area (Å²) in [5, 5.41) is 9.12. The van der Waals surface area contributed by atoms with E-state index in [-0.39, 0.29) is 12.2 Å². The standard InChI is InChI=1S/C19H30O6/c20-18-14-19(15-18)25-13-12-23-9-8-21-6-7-22-10-11-24-16-17-4-2-1-3-5-17/h1-5,18-20H,6-16H2. The molecule has 0 saturated heterocycles. The van der Waals surface area contributed by atoms with Crippen molar-refractivity contribution in [3.8, 4) is 0 Å². The van der Waals surface area contributed by atoms with Gasteiger partial charge >= 0.3 is 0 Å². The van der Waals surface area contributed by atoms with Gasteiger partial charge in [0.15, 0.2) is 0 Å². The van der Waals surface area contributed by atoms with Gasteiger partial charge in [-0.05, 0) is 18.4 Å². The van der Waals surface area contributed by atoms with Gasteiger partial charge < -0.3 is 28.8 Å². The maximum Gasteiger partial charge on any atom is 0.0718 e. The molecule has 0 heterocycles. The molecule has 0 bridgehead atoms. The SMILES string of the molecule is OC1CC(OCCOCCOCCOCCOCc2ccccc2)C1. The Morgan fingerprint density at radius 1 is 0.720 bits per heavy atom. The van der Waals surface area contributed by atoms with Gasteiger partial charge in [-0.15, -0.1) is 0 Å². The van der Waals surface area contributed by atoms with Crippen LogP contribution < -0.4 is 0 Å². The van der Waals surface area contributed by atoms with E-state index >= 15 is 0 Å². The number of rotatable bonds is 15. The van der Waals surface area contributed by atoms with Crippen molar-refractivity contribution in [2.75, 3.05) is 52.9 Å². The molecule has 0 aromatic heterocycles. The molecular formula is C19H30O6. The van der Waals surface area contributed by atoms with Crippen molar-refractivity contribution in [3.05, 3.63) is 35.9 Å². The van der Waals surface area contributed by atoms with Gasteiger partial charge in [-0.25, -0.2) is 0 Å². The molecule has 0 radical (unpaired) electrons. The third-order valence-corrected chi connectivity index (χ3v) is 3.88. The third-order valence-electron chi connectivity index (χ3n) is 3.88. The van der Waals surface area contributed by atoms with E-state index in [0.717, 1.165) is 12.8 Å². The highest BCUT2D eigenvalue weighted by molar-refractivity contribution is 5.13. The minimum absolute atomic E-state index is 0.169. The van der Waals surface area contributed by atoms with Gasteiger partial charge in [-0.1, -0.05) is 30.3 Å². The van der Waals surface area contributed by atoms with Crippen LogP contribution in [0.5, 0.6) is 0 Å². The van der Waals surface area contributed by atoms with Crippen LogP contribution in [-0.4, -0.2) is 70.2 Å². The zero-order chi connectivity index (χ0) is 17.6. The fourth-order valence-corrected chi connectivity index (χ4v) is 2.37. The molecule has 25 heavy (non-hydrogen) atoms. The Morgan fingerprint density at radius 3 is 1.80 bits per heavy atom. The highest BCUT2D eigenvalue weighted by Gasteiger charge is 2.27. The van der Waals surface area contributed by atoms with Crippen molar-refractivity contribution < 1.29 is 28.8 Å². The third kappa shape index (κ3) is 9.89. The largest absolute Gasteiger partial charge is 0.393 e. The molecule has 1 N–H and O–H groups in total. The van der Waals surface area contributed by atoms with Crippen LogP contribution in [-0.2, 0) is 30.3 Å². The number of hydrogen-bond acceptors (Lipinski definition) is 6. The fraction of sp³-hybridized carbons (Fsp3) is 0.684. The van der Waals surface area contributed by atoms with Crippen LogP contribution in [0.2, 0.25) is 0 Å². The minimum Gasteiger partial charge on any atom is -0.393 e. The van der Waals surface area contributed by atoms with E-state index in [9.17, 15) is 0 Å². The molecule has 0 spiro atoms. The van der Waals surface area contributed by atoms with E-state index in [1.165, 1.54) is 5.56 Å². The van der Waals surface area contributed by atoms with Gasteiger partial charge in [-0.2, -0.15) is 0 Å². The first-order valence-electron chi connectivity index (χ1n) is 8.99. The predicted octanol–water partition coefficient (Wildman–Crippen LogP) is 1.79. The topological polar surface area (TPSA) is 66.4 Å².